The van der Waals surface area contributed by atoms with Gasteiger partial charge in [-0.25, -0.2) is 4.98 Å². The van der Waals surface area contributed by atoms with Gasteiger partial charge in [-0.1, -0.05) is 0 Å². The summed E-state index contributed by atoms with van der Waals surface area (Å²) in [7, 11) is 0. The molecule has 2 aliphatic heterocycles. The van der Waals surface area contributed by atoms with Gasteiger partial charge < -0.3 is 9.80 Å². The second-order valence-electron chi connectivity index (χ2n) is 9.09. The maximum atomic E-state index is 11.7. The van der Waals surface area contributed by atoms with Crippen LogP contribution in [0.15, 0.2) is 0 Å². The lowest BCUT2D eigenvalue weighted by molar-refractivity contribution is -0.385. The molecule has 4 aliphatic rings. The molecule has 0 radical (unpaired) electrons. The molecule has 1 aromatic heterocycles. The molecule has 0 atom stereocenters. The zero-order chi connectivity index (χ0) is 17.9. The molecule has 7 heteroatoms. The number of anilines is 2. The van der Waals surface area contributed by atoms with Gasteiger partial charge in [0.05, 0.1) is 4.92 Å². The number of hydrogen-bond acceptors (Lipinski definition) is 6. The van der Waals surface area contributed by atoms with E-state index in [9.17, 15) is 10.1 Å². The van der Waals surface area contributed by atoms with Crippen molar-refractivity contribution in [3.8, 4) is 0 Å². The van der Waals surface area contributed by atoms with Crippen LogP contribution in [0.25, 0.3) is 0 Å². The molecule has 0 amide bonds. The molecule has 2 saturated carbocycles. The Hall–Kier alpha value is -1.92. The van der Waals surface area contributed by atoms with Gasteiger partial charge in [0.2, 0.25) is 11.8 Å². The second-order valence-corrected chi connectivity index (χ2v) is 9.09. The lowest BCUT2D eigenvalue weighted by atomic mass is 9.95. The molecule has 7 nitrogen and oxygen atoms in total. The SMILES string of the molecule is Cc1nc(N2CCCC3(CC3)C2)nc(N2CCCC3(CC3)C2)c1[N+](=O)[O-]. The Morgan fingerprint density at radius 1 is 0.923 bits per heavy atom. The third-order valence-electron chi connectivity index (χ3n) is 7.03. The number of aromatic nitrogens is 2. The Balaban J connectivity index is 1.51. The summed E-state index contributed by atoms with van der Waals surface area (Å²) in [6, 6.07) is 0. The van der Waals surface area contributed by atoms with Crippen molar-refractivity contribution >= 4 is 17.5 Å². The average Bonchev–Trinajstić information content (AvgIpc) is 3.54. The molecule has 0 bridgehead atoms. The molecule has 0 unspecified atom stereocenters. The summed E-state index contributed by atoms with van der Waals surface area (Å²) >= 11 is 0. The lowest BCUT2D eigenvalue weighted by Crippen LogP contribution is -2.40. The number of nitrogens with zero attached hydrogens (tertiary/aromatic N) is 5. The van der Waals surface area contributed by atoms with Crippen LogP contribution in [0, 0.1) is 27.9 Å². The Morgan fingerprint density at radius 2 is 1.50 bits per heavy atom. The second kappa shape index (κ2) is 5.54. The summed E-state index contributed by atoms with van der Waals surface area (Å²) in [6.07, 6.45) is 9.93. The van der Waals surface area contributed by atoms with Crippen LogP contribution in [0.4, 0.5) is 17.5 Å². The minimum atomic E-state index is -0.290. The number of rotatable bonds is 3. The highest BCUT2D eigenvalue weighted by atomic mass is 16.6. The van der Waals surface area contributed by atoms with Gasteiger partial charge in [0.25, 0.3) is 0 Å². The molecule has 4 fully saturated rings. The summed E-state index contributed by atoms with van der Waals surface area (Å²) < 4.78 is 0. The third-order valence-corrected chi connectivity index (χ3v) is 7.03. The Morgan fingerprint density at radius 3 is 2.08 bits per heavy atom. The summed E-state index contributed by atoms with van der Waals surface area (Å²) in [4.78, 5) is 25.3. The van der Waals surface area contributed by atoms with Crippen molar-refractivity contribution < 1.29 is 4.92 Å². The van der Waals surface area contributed by atoms with Crippen molar-refractivity contribution in [3.05, 3.63) is 15.8 Å². The number of hydrogen-bond donors (Lipinski definition) is 0. The Bertz CT molecular complexity index is 757. The highest BCUT2D eigenvalue weighted by Crippen LogP contribution is 2.54. The molecule has 2 saturated heterocycles. The van der Waals surface area contributed by atoms with Crippen LogP contribution >= 0.6 is 0 Å². The van der Waals surface area contributed by atoms with Gasteiger partial charge in [0, 0.05) is 26.2 Å². The van der Waals surface area contributed by atoms with Crippen molar-refractivity contribution in [2.45, 2.75) is 58.3 Å². The van der Waals surface area contributed by atoms with Gasteiger partial charge in [-0.3, -0.25) is 10.1 Å². The maximum Gasteiger partial charge on any atom is 0.332 e. The topological polar surface area (TPSA) is 75.4 Å². The zero-order valence-corrected chi connectivity index (χ0v) is 15.5. The van der Waals surface area contributed by atoms with Gasteiger partial charge in [0.1, 0.15) is 5.69 Å². The Kier molecular flexibility index (Phi) is 3.46. The Labute approximate surface area is 153 Å². The maximum absolute atomic E-state index is 11.7. The average molecular weight is 357 g/mol. The first-order chi connectivity index (χ1) is 12.5. The normalized spacial score (nSPS) is 25.6. The fraction of sp³-hybridized carbons (Fsp3) is 0.789. The molecule has 2 spiro atoms. The highest BCUT2D eigenvalue weighted by molar-refractivity contribution is 5.63. The van der Waals surface area contributed by atoms with Gasteiger partial charge in [-0.15, -0.1) is 0 Å². The van der Waals surface area contributed by atoms with Crippen LogP contribution < -0.4 is 9.80 Å². The first-order valence-corrected chi connectivity index (χ1v) is 10.0. The third kappa shape index (κ3) is 2.72. The van der Waals surface area contributed by atoms with Gasteiger partial charge in [-0.05, 0) is 69.1 Å². The molecule has 5 rings (SSSR count). The number of piperidine rings is 2. The fourth-order valence-electron chi connectivity index (χ4n) is 5.05. The minimum absolute atomic E-state index is 0.101. The summed E-state index contributed by atoms with van der Waals surface area (Å²) in [5, 5.41) is 11.7. The van der Waals surface area contributed by atoms with E-state index in [0.717, 1.165) is 32.6 Å². The molecule has 2 aliphatic carbocycles. The van der Waals surface area contributed by atoms with E-state index < -0.39 is 0 Å². The van der Waals surface area contributed by atoms with Crippen LogP contribution in [0.1, 0.15) is 57.1 Å². The van der Waals surface area contributed by atoms with Crippen molar-refractivity contribution in [2.75, 3.05) is 36.0 Å². The van der Waals surface area contributed by atoms with E-state index in [0.29, 0.717) is 28.3 Å². The van der Waals surface area contributed by atoms with E-state index in [2.05, 4.69) is 14.8 Å². The predicted molar refractivity (Wildman–Crippen MR) is 99.7 cm³/mol. The minimum Gasteiger partial charge on any atom is -0.350 e. The molecule has 0 N–H and O–H groups in total. The molecular formula is C19H27N5O2. The quantitative estimate of drug-likeness (QED) is 0.609. The molecule has 26 heavy (non-hydrogen) atoms. The van der Waals surface area contributed by atoms with Crippen molar-refractivity contribution in [2.24, 2.45) is 10.8 Å². The molecule has 0 aromatic carbocycles. The first kappa shape index (κ1) is 16.3. The molecule has 3 heterocycles. The highest BCUT2D eigenvalue weighted by Gasteiger charge is 2.48. The summed E-state index contributed by atoms with van der Waals surface area (Å²) in [5.41, 5.74) is 1.47. The van der Waals surface area contributed by atoms with Crippen molar-refractivity contribution in [1.29, 1.82) is 0 Å². The molecule has 1 aromatic rings. The van der Waals surface area contributed by atoms with E-state index in [-0.39, 0.29) is 10.6 Å². The van der Waals surface area contributed by atoms with E-state index >= 15 is 0 Å². The van der Waals surface area contributed by atoms with Crippen LogP contribution in [-0.2, 0) is 0 Å². The predicted octanol–water partition coefficient (Wildman–Crippen LogP) is 3.45. The standard InChI is InChI=1S/C19H27N5O2/c1-14-15(24(25)26)16(22-10-2-4-18(12-22)6-7-18)21-17(20-14)23-11-3-5-19(13-23)8-9-19/h2-13H2,1H3. The number of nitro groups is 1. The van der Waals surface area contributed by atoms with Gasteiger partial charge >= 0.3 is 5.69 Å². The van der Waals surface area contributed by atoms with Gasteiger partial charge in [0.15, 0.2) is 0 Å². The summed E-state index contributed by atoms with van der Waals surface area (Å²) in [6.45, 7) is 5.51. The first-order valence-electron chi connectivity index (χ1n) is 10.0. The van der Waals surface area contributed by atoms with Gasteiger partial charge in [-0.2, -0.15) is 4.98 Å². The molecule has 140 valence electrons. The fourth-order valence-corrected chi connectivity index (χ4v) is 5.05. The van der Waals surface area contributed by atoms with Crippen LogP contribution in [0.3, 0.4) is 0 Å². The molecular weight excluding hydrogens is 330 g/mol. The van der Waals surface area contributed by atoms with Crippen LogP contribution in [0.2, 0.25) is 0 Å². The monoisotopic (exact) mass is 357 g/mol. The van der Waals surface area contributed by atoms with Crippen LogP contribution in [-0.4, -0.2) is 41.1 Å². The van der Waals surface area contributed by atoms with E-state index in [1.165, 1.54) is 44.9 Å². The van der Waals surface area contributed by atoms with Crippen LogP contribution in [0.5, 0.6) is 0 Å². The smallest absolute Gasteiger partial charge is 0.332 e. The lowest BCUT2D eigenvalue weighted by Gasteiger charge is -2.36. The van der Waals surface area contributed by atoms with Crippen molar-refractivity contribution in [1.82, 2.24) is 9.97 Å². The van der Waals surface area contributed by atoms with E-state index in [1.54, 1.807) is 6.92 Å². The van der Waals surface area contributed by atoms with E-state index in [4.69, 9.17) is 4.98 Å². The van der Waals surface area contributed by atoms with Crippen molar-refractivity contribution in [3.63, 3.8) is 0 Å². The summed E-state index contributed by atoms with van der Waals surface area (Å²) in [5.74, 6) is 1.25. The van der Waals surface area contributed by atoms with E-state index in [1.807, 2.05) is 0 Å². The number of aryl methyl sites for hydroxylation is 1. The zero-order valence-electron chi connectivity index (χ0n) is 15.5. The largest absolute Gasteiger partial charge is 0.350 e.